The molecule has 0 unspecified atom stereocenters. The minimum atomic E-state index is 0.536. The van der Waals surface area contributed by atoms with Crippen molar-refractivity contribution in [2.24, 2.45) is 0 Å². The molecule has 0 atom stereocenters. The number of aromatic nitrogens is 2. The van der Waals surface area contributed by atoms with E-state index in [9.17, 15) is 15.8 Å². The second kappa shape index (κ2) is 11.4. The second-order valence-electron chi connectivity index (χ2n) is 12.3. The number of fused-ring (bicyclic) bond motifs is 6. The third kappa shape index (κ3) is 4.38. The fraction of sp³-hybridized carbons (Fsp3) is 0. The lowest BCUT2D eigenvalue weighted by atomic mass is 9.91. The summed E-state index contributed by atoms with van der Waals surface area (Å²) in [5.41, 5.74) is 11.5. The van der Waals surface area contributed by atoms with Crippen LogP contribution in [0.1, 0.15) is 16.7 Å². The molecule has 7 aromatic carbocycles. The predicted octanol–water partition coefficient (Wildman–Crippen LogP) is 10.8. The Balaban J connectivity index is 1.26. The minimum Gasteiger partial charge on any atom is -0.309 e. The van der Waals surface area contributed by atoms with Crippen molar-refractivity contribution in [1.29, 1.82) is 15.8 Å². The zero-order chi connectivity index (χ0) is 33.8. The summed E-state index contributed by atoms with van der Waals surface area (Å²) in [4.78, 5) is 0. The molecule has 2 aromatic heterocycles. The molecule has 5 nitrogen and oxygen atoms in total. The number of nitriles is 3. The molecule has 0 saturated carbocycles. The quantitative estimate of drug-likeness (QED) is 0.193. The first-order chi connectivity index (χ1) is 24.7. The van der Waals surface area contributed by atoms with Crippen molar-refractivity contribution in [2.45, 2.75) is 0 Å². The van der Waals surface area contributed by atoms with Gasteiger partial charge in [0.15, 0.2) is 0 Å². The van der Waals surface area contributed by atoms with Gasteiger partial charge < -0.3 is 9.13 Å². The summed E-state index contributed by atoms with van der Waals surface area (Å²) in [5.74, 6) is 0. The van der Waals surface area contributed by atoms with Crippen LogP contribution >= 0.6 is 0 Å². The Morgan fingerprint density at radius 1 is 0.360 bits per heavy atom. The Labute approximate surface area is 287 Å². The second-order valence-corrected chi connectivity index (χ2v) is 12.3. The van der Waals surface area contributed by atoms with E-state index >= 15 is 0 Å². The highest BCUT2D eigenvalue weighted by Gasteiger charge is 2.20. The number of para-hydroxylation sites is 3. The van der Waals surface area contributed by atoms with Crippen LogP contribution in [0.25, 0.3) is 77.2 Å². The van der Waals surface area contributed by atoms with Crippen LogP contribution in [0, 0.1) is 34.0 Å². The first-order valence-corrected chi connectivity index (χ1v) is 16.3. The summed E-state index contributed by atoms with van der Waals surface area (Å²) in [6, 6.07) is 57.8. The van der Waals surface area contributed by atoms with E-state index in [0.717, 1.165) is 66.5 Å². The van der Waals surface area contributed by atoms with Gasteiger partial charge in [-0.05, 0) is 89.5 Å². The highest BCUT2D eigenvalue weighted by Crippen LogP contribution is 2.41. The van der Waals surface area contributed by atoms with Gasteiger partial charge in [-0.25, -0.2) is 0 Å². The molecule has 9 rings (SSSR count). The van der Waals surface area contributed by atoms with Crippen LogP contribution in [0.4, 0.5) is 0 Å². The molecule has 0 bridgehead atoms. The molecule has 0 radical (unpaired) electrons. The number of nitrogens with zero attached hydrogens (tertiary/aromatic N) is 5. The maximum absolute atomic E-state index is 10.0. The topological polar surface area (TPSA) is 81.2 Å². The summed E-state index contributed by atoms with van der Waals surface area (Å²) in [5, 5.41) is 34.1. The third-order valence-electron chi connectivity index (χ3n) is 9.62. The average Bonchev–Trinajstić information content (AvgIpc) is 3.70. The molecular weight excluding hydrogens is 611 g/mol. The van der Waals surface area contributed by atoms with Gasteiger partial charge in [0.25, 0.3) is 0 Å². The molecular formula is C45H25N5. The Kier molecular flexibility index (Phi) is 6.56. The van der Waals surface area contributed by atoms with Crippen LogP contribution in [0.5, 0.6) is 0 Å². The van der Waals surface area contributed by atoms with E-state index in [2.05, 4.69) is 112 Å². The molecule has 5 heteroatoms. The lowest BCUT2D eigenvalue weighted by Crippen LogP contribution is -2.00. The highest BCUT2D eigenvalue weighted by atomic mass is 15.0. The minimum absolute atomic E-state index is 0.536. The Hall–Kier alpha value is -7.39. The lowest BCUT2D eigenvalue weighted by molar-refractivity contribution is 1.18. The van der Waals surface area contributed by atoms with Crippen LogP contribution in [-0.2, 0) is 0 Å². The van der Waals surface area contributed by atoms with Gasteiger partial charge in [-0.1, -0.05) is 78.9 Å². The Bertz CT molecular complexity index is 2900. The largest absolute Gasteiger partial charge is 0.309 e. The molecule has 0 amide bonds. The van der Waals surface area contributed by atoms with Gasteiger partial charge in [-0.15, -0.1) is 0 Å². The van der Waals surface area contributed by atoms with Crippen molar-refractivity contribution < 1.29 is 0 Å². The molecule has 50 heavy (non-hydrogen) atoms. The molecule has 0 aliphatic heterocycles. The van der Waals surface area contributed by atoms with E-state index in [1.165, 1.54) is 10.8 Å². The van der Waals surface area contributed by atoms with E-state index < -0.39 is 0 Å². The van der Waals surface area contributed by atoms with E-state index in [0.29, 0.717) is 16.7 Å². The van der Waals surface area contributed by atoms with E-state index in [1.54, 1.807) is 0 Å². The van der Waals surface area contributed by atoms with Crippen molar-refractivity contribution in [3.8, 4) is 51.8 Å². The molecule has 2 heterocycles. The predicted molar refractivity (Wildman–Crippen MR) is 200 cm³/mol. The van der Waals surface area contributed by atoms with Crippen molar-refractivity contribution in [3.63, 3.8) is 0 Å². The summed E-state index contributed by atoms with van der Waals surface area (Å²) < 4.78 is 4.47. The molecule has 0 fully saturated rings. The fourth-order valence-electron chi connectivity index (χ4n) is 7.39. The van der Waals surface area contributed by atoms with Gasteiger partial charge in [0.1, 0.15) is 0 Å². The van der Waals surface area contributed by atoms with Gasteiger partial charge >= 0.3 is 0 Å². The Morgan fingerprint density at radius 3 is 1.46 bits per heavy atom. The number of rotatable bonds is 4. The first-order valence-electron chi connectivity index (χ1n) is 16.3. The van der Waals surface area contributed by atoms with E-state index in [-0.39, 0.29) is 0 Å². The summed E-state index contributed by atoms with van der Waals surface area (Å²) in [6.07, 6.45) is 0. The molecule has 0 aliphatic carbocycles. The molecule has 0 N–H and O–H groups in total. The van der Waals surface area contributed by atoms with Crippen molar-refractivity contribution in [1.82, 2.24) is 9.13 Å². The maximum Gasteiger partial charge on any atom is 0.0992 e. The smallest absolute Gasteiger partial charge is 0.0992 e. The van der Waals surface area contributed by atoms with Gasteiger partial charge in [0, 0.05) is 32.8 Å². The van der Waals surface area contributed by atoms with Crippen LogP contribution in [-0.4, -0.2) is 9.13 Å². The molecule has 0 aliphatic rings. The van der Waals surface area contributed by atoms with E-state index in [4.69, 9.17) is 0 Å². The normalized spacial score (nSPS) is 11.1. The van der Waals surface area contributed by atoms with Gasteiger partial charge in [0.05, 0.1) is 62.7 Å². The van der Waals surface area contributed by atoms with Gasteiger partial charge in [-0.2, -0.15) is 15.8 Å². The molecule has 0 spiro atoms. The number of hydrogen-bond acceptors (Lipinski definition) is 3. The fourth-order valence-corrected chi connectivity index (χ4v) is 7.39. The first kappa shape index (κ1) is 28.8. The summed E-state index contributed by atoms with van der Waals surface area (Å²) in [6.45, 7) is 0. The SMILES string of the molecule is N#Cc1ccc(-c2ccc(C#N)cc2-n2c3ccccc3c3cc(C#N)ccc32)c(-c2ccc(-n3c4ccccc4c4ccccc43)cc2)c1. The zero-order valence-electron chi connectivity index (χ0n) is 26.7. The summed E-state index contributed by atoms with van der Waals surface area (Å²) >= 11 is 0. The standard InChI is InChI=1S/C45H25N5/c46-26-29-13-20-34(39(23-29)32-16-18-33(19-17-32)49-41-10-4-1-7-35(41)36-8-2-5-11-42(36)49)38-21-14-31(28-48)25-45(38)50-43-12-6-3-9-37(43)40-24-30(27-47)15-22-44(40)50/h1-25H. The van der Waals surface area contributed by atoms with Crippen LogP contribution in [0.2, 0.25) is 0 Å². The third-order valence-corrected chi connectivity index (χ3v) is 9.62. The number of hydrogen-bond donors (Lipinski definition) is 0. The van der Waals surface area contributed by atoms with Crippen LogP contribution in [0.3, 0.4) is 0 Å². The average molecular weight is 636 g/mol. The monoisotopic (exact) mass is 635 g/mol. The summed E-state index contributed by atoms with van der Waals surface area (Å²) in [7, 11) is 0. The van der Waals surface area contributed by atoms with Crippen molar-refractivity contribution >= 4 is 43.6 Å². The molecule has 9 aromatic rings. The Morgan fingerprint density at radius 2 is 0.840 bits per heavy atom. The van der Waals surface area contributed by atoms with Crippen molar-refractivity contribution in [3.05, 3.63) is 168 Å². The highest BCUT2D eigenvalue weighted by molar-refractivity contribution is 6.11. The van der Waals surface area contributed by atoms with Crippen LogP contribution < -0.4 is 0 Å². The van der Waals surface area contributed by atoms with Crippen LogP contribution in [0.15, 0.2) is 152 Å². The van der Waals surface area contributed by atoms with Gasteiger partial charge in [-0.3, -0.25) is 0 Å². The van der Waals surface area contributed by atoms with E-state index in [1.807, 2.05) is 66.7 Å². The van der Waals surface area contributed by atoms with Crippen molar-refractivity contribution in [2.75, 3.05) is 0 Å². The molecule has 0 saturated heterocycles. The zero-order valence-corrected chi connectivity index (χ0v) is 26.7. The number of benzene rings is 7. The lowest BCUT2D eigenvalue weighted by Gasteiger charge is -2.18. The molecule has 230 valence electrons. The van der Waals surface area contributed by atoms with Gasteiger partial charge in [0.2, 0.25) is 0 Å². The maximum atomic E-state index is 10.0.